The van der Waals surface area contributed by atoms with Crippen molar-refractivity contribution in [2.75, 3.05) is 11.1 Å². The topological polar surface area (TPSA) is 66.7 Å². The van der Waals surface area contributed by atoms with E-state index < -0.39 is 0 Å². The van der Waals surface area contributed by atoms with Gasteiger partial charge in [-0.15, -0.1) is 0 Å². The molecule has 2 aromatic carbocycles. The number of hydrogen-bond acceptors (Lipinski definition) is 3. The van der Waals surface area contributed by atoms with Crippen LogP contribution in [0.15, 0.2) is 48.5 Å². The standard InChI is InChI=1S/C16H15ClN4/c1-10-2-8-13(9-3-10)19-15-14(20-21-16(15)18)11-4-6-12(17)7-5-11/h2-9,19H,1H3,(H3,18,20,21). The van der Waals surface area contributed by atoms with Crippen LogP contribution in [-0.2, 0) is 0 Å². The van der Waals surface area contributed by atoms with Crippen LogP contribution in [0.2, 0.25) is 5.02 Å². The maximum atomic E-state index is 5.96. The molecule has 0 saturated carbocycles. The van der Waals surface area contributed by atoms with E-state index in [4.69, 9.17) is 17.3 Å². The van der Waals surface area contributed by atoms with E-state index >= 15 is 0 Å². The zero-order valence-electron chi connectivity index (χ0n) is 11.5. The van der Waals surface area contributed by atoms with Crippen LogP contribution in [0.5, 0.6) is 0 Å². The number of nitrogens with zero attached hydrogens (tertiary/aromatic N) is 1. The maximum absolute atomic E-state index is 5.96. The molecule has 0 unspecified atom stereocenters. The van der Waals surface area contributed by atoms with Gasteiger partial charge in [-0.2, -0.15) is 5.10 Å². The van der Waals surface area contributed by atoms with Crippen molar-refractivity contribution in [2.45, 2.75) is 6.92 Å². The van der Waals surface area contributed by atoms with Crippen LogP contribution in [0.25, 0.3) is 11.3 Å². The van der Waals surface area contributed by atoms with E-state index in [1.807, 2.05) is 48.5 Å². The SMILES string of the molecule is Cc1ccc(Nc2c(N)n[nH]c2-c2ccc(Cl)cc2)cc1. The summed E-state index contributed by atoms with van der Waals surface area (Å²) in [7, 11) is 0. The highest BCUT2D eigenvalue weighted by atomic mass is 35.5. The molecule has 0 atom stereocenters. The van der Waals surface area contributed by atoms with Crippen LogP contribution >= 0.6 is 11.6 Å². The second kappa shape index (κ2) is 5.50. The molecule has 0 aliphatic rings. The Bertz CT molecular complexity index is 745. The highest BCUT2D eigenvalue weighted by molar-refractivity contribution is 6.30. The summed E-state index contributed by atoms with van der Waals surface area (Å²) in [6.07, 6.45) is 0. The molecule has 0 bridgehead atoms. The average Bonchev–Trinajstić information content (AvgIpc) is 2.84. The number of nitrogen functional groups attached to an aromatic ring is 1. The summed E-state index contributed by atoms with van der Waals surface area (Å²) in [6, 6.07) is 15.6. The van der Waals surface area contributed by atoms with E-state index in [1.54, 1.807) is 0 Å². The molecule has 0 amide bonds. The van der Waals surface area contributed by atoms with E-state index in [1.165, 1.54) is 5.56 Å². The van der Waals surface area contributed by atoms with Crippen molar-refractivity contribution >= 4 is 28.8 Å². The maximum Gasteiger partial charge on any atom is 0.169 e. The average molecular weight is 299 g/mol. The number of aromatic amines is 1. The van der Waals surface area contributed by atoms with Crippen LogP contribution in [0, 0.1) is 6.92 Å². The normalized spacial score (nSPS) is 10.6. The largest absolute Gasteiger partial charge is 0.380 e. The Morgan fingerprint density at radius 2 is 1.71 bits per heavy atom. The minimum absolute atomic E-state index is 0.431. The zero-order chi connectivity index (χ0) is 14.8. The molecule has 1 aromatic heterocycles. The number of H-pyrrole nitrogens is 1. The predicted octanol–water partition coefficient (Wildman–Crippen LogP) is 4.36. The molecule has 1 heterocycles. The predicted molar refractivity (Wildman–Crippen MR) is 87.9 cm³/mol. The highest BCUT2D eigenvalue weighted by Gasteiger charge is 2.12. The Hall–Kier alpha value is -2.46. The lowest BCUT2D eigenvalue weighted by molar-refractivity contribution is 1.10. The van der Waals surface area contributed by atoms with Gasteiger partial charge in [0, 0.05) is 16.3 Å². The lowest BCUT2D eigenvalue weighted by atomic mass is 10.1. The van der Waals surface area contributed by atoms with Crippen LogP contribution in [-0.4, -0.2) is 10.2 Å². The van der Waals surface area contributed by atoms with Gasteiger partial charge in [-0.05, 0) is 31.2 Å². The van der Waals surface area contributed by atoms with Gasteiger partial charge in [0.25, 0.3) is 0 Å². The Labute approximate surface area is 128 Å². The van der Waals surface area contributed by atoms with Gasteiger partial charge in [0.15, 0.2) is 5.82 Å². The third-order valence-corrected chi connectivity index (χ3v) is 3.50. The fourth-order valence-electron chi connectivity index (χ4n) is 2.09. The lowest BCUT2D eigenvalue weighted by Crippen LogP contribution is -1.95. The van der Waals surface area contributed by atoms with Gasteiger partial charge in [-0.1, -0.05) is 41.4 Å². The molecule has 3 rings (SSSR count). The molecule has 0 saturated heterocycles. The number of anilines is 3. The number of benzene rings is 2. The van der Waals surface area contributed by atoms with E-state index in [0.29, 0.717) is 10.8 Å². The molecule has 0 fully saturated rings. The molecule has 0 spiro atoms. The summed E-state index contributed by atoms with van der Waals surface area (Å²) >= 11 is 5.92. The molecule has 106 valence electrons. The van der Waals surface area contributed by atoms with E-state index in [0.717, 1.165) is 22.6 Å². The number of nitrogens with two attached hydrogens (primary N) is 1. The van der Waals surface area contributed by atoms with Crippen LogP contribution in [0.3, 0.4) is 0 Å². The second-order valence-electron chi connectivity index (χ2n) is 4.86. The number of aromatic nitrogens is 2. The number of halogens is 1. The first kappa shape index (κ1) is 13.5. The molecule has 21 heavy (non-hydrogen) atoms. The molecular weight excluding hydrogens is 284 g/mol. The van der Waals surface area contributed by atoms with Crippen molar-refractivity contribution in [3.63, 3.8) is 0 Å². The Morgan fingerprint density at radius 3 is 2.38 bits per heavy atom. The van der Waals surface area contributed by atoms with E-state index in [9.17, 15) is 0 Å². The molecule has 0 aliphatic heterocycles. The molecule has 0 radical (unpaired) electrons. The smallest absolute Gasteiger partial charge is 0.169 e. The van der Waals surface area contributed by atoms with Crippen LogP contribution in [0.4, 0.5) is 17.2 Å². The first-order chi connectivity index (χ1) is 10.1. The summed E-state index contributed by atoms with van der Waals surface area (Å²) in [4.78, 5) is 0. The summed E-state index contributed by atoms with van der Waals surface area (Å²) < 4.78 is 0. The third kappa shape index (κ3) is 2.85. The van der Waals surface area contributed by atoms with Crippen molar-refractivity contribution in [3.8, 4) is 11.3 Å². The summed E-state index contributed by atoms with van der Waals surface area (Å²) in [5.41, 5.74) is 10.7. The quantitative estimate of drug-likeness (QED) is 0.673. The van der Waals surface area contributed by atoms with Crippen molar-refractivity contribution < 1.29 is 0 Å². The van der Waals surface area contributed by atoms with Crippen molar-refractivity contribution in [1.82, 2.24) is 10.2 Å². The fourth-order valence-corrected chi connectivity index (χ4v) is 2.22. The number of rotatable bonds is 3. The van der Waals surface area contributed by atoms with Crippen molar-refractivity contribution in [2.24, 2.45) is 0 Å². The summed E-state index contributed by atoms with van der Waals surface area (Å²) in [5.74, 6) is 0.431. The summed E-state index contributed by atoms with van der Waals surface area (Å²) in [5, 5.41) is 11.1. The van der Waals surface area contributed by atoms with Gasteiger partial charge in [0.05, 0.1) is 5.69 Å². The minimum atomic E-state index is 0.431. The van der Waals surface area contributed by atoms with Crippen molar-refractivity contribution in [3.05, 3.63) is 59.1 Å². The van der Waals surface area contributed by atoms with E-state index in [-0.39, 0.29) is 0 Å². The highest BCUT2D eigenvalue weighted by Crippen LogP contribution is 2.33. The van der Waals surface area contributed by atoms with Gasteiger partial charge in [0.1, 0.15) is 5.69 Å². The molecule has 0 aliphatic carbocycles. The Morgan fingerprint density at radius 1 is 1.05 bits per heavy atom. The van der Waals surface area contributed by atoms with Crippen molar-refractivity contribution in [1.29, 1.82) is 0 Å². The Balaban J connectivity index is 1.97. The first-order valence-electron chi connectivity index (χ1n) is 6.57. The van der Waals surface area contributed by atoms with Gasteiger partial charge < -0.3 is 11.1 Å². The fraction of sp³-hybridized carbons (Fsp3) is 0.0625. The molecule has 3 aromatic rings. The van der Waals surface area contributed by atoms with Gasteiger partial charge in [-0.3, -0.25) is 5.10 Å². The monoisotopic (exact) mass is 298 g/mol. The minimum Gasteiger partial charge on any atom is -0.380 e. The number of hydrogen-bond donors (Lipinski definition) is 3. The third-order valence-electron chi connectivity index (χ3n) is 3.25. The lowest BCUT2D eigenvalue weighted by Gasteiger charge is -2.08. The molecule has 5 heteroatoms. The number of aryl methyl sites for hydroxylation is 1. The first-order valence-corrected chi connectivity index (χ1v) is 6.95. The summed E-state index contributed by atoms with van der Waals surface area (Å²) in [6.45, 7) is 2.05. The molecular formula is C16H15ClN4. The molecule has 4 N–H and O–H groups in total. The van der Waals surface area contributed by atoms with Crippen LogP contribution < -0.4 is 11.1 Å². The Kier molecular flexibility index (Phi) is 3.54. The number of nitrogens with one attached hydrogen (secondary N) is 2. The van der Waals surface area contributed by atoms with Gasteiger partial charge in [0.2, 0.25) is 0 Å². The van der Waals surface area contributed by atoms with Gasteiger partial charge in [-0.25, -0.2) is 0 Å². The second-order valence-corrected chi connectivity index (χ2v) is 5.29. The van der Waals surface area contributed by atoms with Gasteiger partial charge >= 0.3 is 0 Å². The molecule has 4 nitrogen and oxygen atoms in total. The zero-order valence-corrected chi connectivity index (χ0v) is 12.3. The van der Waals surface area contributed by atoms with E-state index in [2.05, 4.69) is 22.4 Å². The van der Waals surface area contributed by atoms with Crippen LogP contribution in [0.1, 0.15) is 5.56 Å².